The third-order valence-corrected chi connectivity index (χ3v) is 54.0. The van der Waals surface area contributed by atoms with E-state index in [9.17, 15) is 0 Å². The number of benzene rings is 7. The quantitative estimate of drug-likeness (QED) is 0.0379. The van der Waals surface area contributed by atoms with Crippen molar-refractivity contribution >= 4 is 109 Å². The fourth-order valence-corrected chi connectivity index (χ4v) is 49.4. The predicted molar refractivity (Wildman–Crippen MR) is 467 cm³/mol. The lowest BCUT2D eigenvalue weighted by Gasteiger charge is -2.48. The van der Waals surface area contributed by atoms with E-state index in [0.717, 1.165) is 0 Å². The zero-order chi connectivity index (χ0) is 76.0. The van der Waals surface area contributed by atoms with Gasteiger partial charge in [-0.3, -0.25) is 0 Å². The lowest BCUT2D eigenvalue weighted by Crippen LogP contribution is -2.60. The molecule has 0 heterocycles. The highest BCUT2D eigenvalue weighted by atomic mass is 28.3. The molecule has 550 valence electrons. The molecular weight excluding hydrogens is 1270 g/mol. The fraction of sp³-hybridized carbons (Fsp3) is 0.596. The van der Waals surface area contributed by atoms with E-state index >= 15 is 0 Å². The van der Waals surface area contributed by atoms with Crippen LogP contribution < -0.4 is 30.5 Å². The molecule has 0 aliphatic heterocycles. The molecule has 7 rings (SSSR count). The number of anilines is 6. The van der Waals surface area contributed by atoms with Crippen molar-refractivity contribution in [1.29, 1.82) is 0 Å². The molecule has 0 aromatic heterocycles. The van der Waals surface area contributed by atoms with E-state index in [1.165, 1.54) is 83.5 Å². The van der Waals surface area contributed by atoms with Gasteiger partial charge in [-0.25, -0.2) is 0 Å². The molecule has 0 N–H and O–H groups in total. The first kappa shape index (κ1) is 82.8. The Morgan fingerprint density at radius 1 is 0.220 bits per heavy atom. The number of hydrogen-bond donors (Lipinski definition) is 0. The molecular formula is C94H148N2Si4. The summed E-state index contributed by atoms with van der Waals surface area (Å²) in [5, 5.41) is 11.7. The fourth-order valence-electron chi connectivity index (χ4n) is 21.9. The van der Waals surface area contributed by atoms with Crippen LogP contribution in [0.1, 0.15) is 298 Å². The van der Waals surface area contributed by atoms with Gasteiger partial charge in [0.2, 0.25) is 0 Å². The van der Waals surface area contributed by atoms with Crippen LogP contribution in [0.15, 0.2) is 115 Å². The molecule has 0 spiro atoms. The van der Waals surface area contributed by atoms with E-state index < -0.39 is 32.3 Å². The van der Waals surface area contributed by atoms with Gasteiger partial charge in [0.1, 0.15) is 0 Å². The highest BCUT2D eigenvalue weighted by Crippen LogP contribution is 2.56. The van der Waals surface area contributed by atoms with Gasteiger partial charge in [-0.15, -0.1) is 0 Å². The molecule has 2 nitrogen and oxygen atoms in total. The van der Waals surface area contributed by atoms with Gasteiger partial charge in [0.05, 0.1) is 43.7 Å². The molecule has 7 aromatic carbocycles. The molecule has 6 heteroatoms. The van der Waals surface area contributed by atoms with Gasteiger partial charge in [-0.2, -0.15) is 0 Å². The van der Waals surface area contributed by atoms with Gasteiger partial charge in [0, 0.05) is 44.3 Å². The monoisotopic (exact) mass is 1420 g/mol. The van der Waals surface area contributed by atoms with Crippen LogP contribution in [-0.4, -0.2) is 32.3 Å². The second-order valence-corrected chi connectivity index (χ2v) is 64.2. The van der Waals surface area contributed by atoms with Crippen LogP contribution in [0.3, 0.4) is 0 Å². The van der Waals surface area contributed by atoms with Crippen molar-refractivity contribution in [3.63, 3.8) is 0 Å². The zero-order valence-electron chi connectivity index (χ0n) is 71.8. The van der Waals surface area contributed by atoms with E-state index in [-0.39, 0.29) is 27.1 Å². The average Bonchev–Trinajstić information content (AvgIpc) is 0.711. The van der Waals surface area contributed by atoms with Gasteiger partial charge < -0.3 is 9.80 Å². The normalized spacial score (nSPS) is 14.0. The lowest BCUT2D eigenvalue weighted by molar-refractivity contribution is 0.530. The first-order valence-electron chi connectivity index (χ1n) is 39.9. The molecule has 0 amide bonds. The number of fused-ring (bicyclic) bond motifs is 2. The third kappa shape index (κ3) is 14.6. The van der Waals surface area contributed by atoms with Crippen molar-refractivity contribution in [2.45, 2.75) is 364 Å². The summed E-state index contributed by atoms with van der Waals surface area (Å²) in [6.45, 7) is 98.5. The molecule has 0 fully saturated rings. The Kier molecular flexibility index (Phi) is 24.4. The molecule has 0 saturated carbocycles. The van der Waals surface area contributed by atoms with Gasteiger partial charge in [-0.1, -0.05) is 351 Å². The minimum atomic E-state index is -2.33. The Morgan fingerprint density at radius 2 is 0.490 bits per heavy atom. The summed E-state index contributed by atoms with van der Waals surface area (Å²) >= 11 is 0. The van der Waals surface area contributed by atoms with E-state index in [1.807, 2.05) is 0 Å². The van der Waals surface area contributed by atoms with Crippen molar-refractivity contribution in [1.82, 2.24) is 0 Å². The minimum absolute atomic E-state index is 0.0726. The molecule has 7 aromatic rings. The van der Waals surface area contributed by atoms with Crippen LogP contribution in [-0.2, 0) is 27.1 Å². The molecule has 0 unspecified atom stereocenters. The Labute approximate surface area is 621 Å². The van der Waals surface area contributed by atoms with E-state index in [2.05, 4.69) is 395 Å². The van der Waals surface area contributed by atoms with Gasteiger partial charge in [0.25, 0.3) is 0 Å². The summed E-state index contributed by atoms with van der Waals surface area (Å²) < 4.78 is 0. The maximum atomic E-state index is 2.86. The van der Waals surface area contributed by atoms with Crippen molar-refractivity contribution in [3.8, 4) is 0 Å². The average molecular weight is 1420 g/mol. The Morgan fingerprint density at radius 3 is 0.770 bits per heavy atom. The largest absolute Gasteiger partial charge is 0.309 e. The summed E-state index contributed by atoms with van der Waals surface area (Å²) in [4.78, 5) is 5.72. The van der Waals surface area contributed by atoms with Gasteiger partial charge >= 0.3 is 0 Å². The molecule has 0 atom stereocenters. The molecule has 0 radical (unpaired) electrons. The Balaban J connectivity index is 1.97. The summed E-state index contributed by atoms with van der Waals surface area (Å²) in [5.41, 5.74) is 20.2. The second kappa shape index (κ2) is 29.5. The van der Waals surface area contributed by atoms with Crippen LogP contribution in [0.25, 0.3) is 21.5 Å². The van der Waals surface area contributed by atoms with Crippen molar-refractivity contribution in [2.75, 3.05) is 9.80 Å². The highest BCUT2D eigenvalue weighted by Gasteiger charge is 2.51. The molecule has 0 bridgehead atoms. The lowest BCUT2D eigenvalue weighted by atomic mass is 9.75. The van der Waals surface area contributed by atoms with Crippen molar-refractivity contribution in [2.24, 2.45) is 0 Å². The summed E-state index contributed by atoms with van der Waals surface area (Å²) in [5.74, 6) is 0. The molecule has 0 saturated heterocycles. The highest BCUT2D eigenvalue weighted by molar-refractivity contribution is 6.99. The van der Waals surface area contributed by atoms with Gasteiger partial charge in [0.15, 0.2) is 0 Å². The predicted octanol–water partition coefficient (Wildman–Crippen LogP) is 29.0. The van der Waals surface area contributed by atoms with Crippen molar-refractivity contribution < 1.29 is 0 Å². The Hall–Kier alpha value is -4.47. The maximum absolute atomic E-state index is 2.86. The summed E-state index contributed by atoms with van der Waals surface area (Å²) in [7, 11) is -9.33. The minimum Gasteiger partial charge on any atom is -0.309 e. The first-order valence-corrected chi connectivity index (χ1v) is 48.8. The Bertz CT molecular complexity index is 3770. The molecule has 0 aliphatic carbocycles. The van der Waals surface area contributed by atoms with E-state index in [0.29, 0.717) is 66.5 Å². The number of hydrogen-bond acceptors (Lipinski definition) is 2. The second-order valence-electron chi connectivity index (χ2n) is 40.5. The summed E-state index contributed by atoms with van der Waals surface area (Å²) in [6.07, 6.45) is 0. The van der Waals surface area contributed by atoms with Crippen LogP contribution >= 0.6 is 0 Å². The topological polar surface area (TPSA) is 6.48 Å². The third-order valence-electron chi connectivity index (χ3n) is 25.9. The van der Waals surface area contributed by atoms with E-state index in [1.54, 1.807) is 20.7 Å². The van der Waals surface area contributed by atoms with Crippen LogP contribution in [0.5, 0.6) is 0 Å². The van der Waals surface area contributed by atoms with Gasteiger partial charge in [-0.05, 0) is 176 Å². The molecule has 0 aliphatic rings. The zero-order valence-corrected chi connectivity index (χ0v) is 75.8. The molecule has 100 heavy (non-hydrogen) atoms. The summed E-state index contributed by atoms with van der Waals surface area (Å²) in [6, 6.07) is 49.9. The SMILES string of the molecule is CC(C)[Si](c1cc(N(c2cc(C(C)(C)C)cc(C(C)(C)C)c2)c2c3ccccc3c(N(c3cc([Si](C(C)C)(C(C)C)C(C)C)cc([Si](C(C)C)(C(C)C)C(C)C)c3)c3ccc(C(C)(C)C)c(C(C)(C)C)c3)c3cc(C(C)(C)C)ccc23)cc([Si](C(C)C)(C(C)C)C(C)C)c1)(C(C)C)C(C)C. The van der Waals surface area contributed by atoms with E-state index in [4.69, 9.17) is 0 Å². The standard InChI is InChI=1S/C94H148N2Si4/c1-59(2)97(60(3)4,61(5)6)78-52-76(53-79(57-78)98(62(7)8,63(9)10)64(11)12)95(74-45-47-86(93(34,35)36)87(56-74)94(37,38)39)89-83-43-41-40-42-82(83)88(84-46-44-71(51-85(84)89)90(25,26)27)96(75-49-72(91(28,29)30)48-73(50-75)92(31,32)33)77-54-80(99(65(13)14,66(15)16)67(17)18)58-81(55-77)100(68(19)20,69(21)22)70(23)24/h40-70H,1-39H3. The van der Waals surface area contributed by atoms with Crippen LogP contribution in [0, 0.1) is 0 Å². The smallest absolute Gasteiger partial charge is 0.0943 e. The first-order chi connectivity index (χ1) is 45.7. The number of nitrogens with zero attached hydrogens (tertiary/aromatic N) is 2. The van der Waals surface area contributed by atoms with Crippen molar-refractivity contribution in [3.05, 3.63) is 143 Å². The van der Waals surface area contributed by atoms with Crippen LogP contribution in [0.4, 0.5) is 34.1 Å². The maximum Gasteiger partial charge on any atom is 0.0943 e. The van der Waals surface area contributed by atoms with Crippen LogP contribution in [0.2, 0.25) is 66.5 Å². The number of rotatable bonds is 22.